The van der Waals surface area contributed by atoms with Crippen LogP contribution in [0.4, 0.5) is 0 Å². The first-order valence-electron chi connectivity index (χ1n) is 15.6. The number of ether oxygens (including phenoxy) is 2. The van der Waals surface area contributed by atoms with E-state index >= 15 is 0 Å². The first kappa shape index (κ1) is 26.8. The molecular formula is C33H54O3. The number of hydrogen-bond acceptors (Lipinski definition) is 3. The summed E-state index contributed by atoms with van der Waals surface area (Å²) in [6.07, 6.45) is 18.8. The number of carbonyl (C=O) groups is 1. The molecule has 12 atom stereocenters. The average Bonchev–Trinajstić information content (AvgIpc) is 3.37. The summed E-state index contributed by atoms with van der Waals surface area (Å²) in [5.41, 5.74) is 1.48. The van der Waals surface area contributed by atoms with Crippen molar-refractivity contribution in [2.45, 2.75) is 112 Å². The first-order valence-corrected chi connectivity index (χ1v) is 15.6. The molecule has 0 aromatic rings. The van der Waals surface area contributed by atoms with Crippen molar-refractivity contribution in [3.63, 3.8) is 0 Å². The van der Waals surface area contributed by atoms with Crippen molar-refractivity contribution in [3.05, 3.63) is 12.2 Å². The molecule has 3 nitrogen and oxygen atoms in total. The predicted molar refractivity (Wildman–Crippen MR) is 146 cm³/mol. The second-order valence-corrected chi connectivity index (χ2v) is 14.2. The van der Waals surface area contributed by atoms with Crippen molar-refractivity contribution < 1.29 is 14.3 Å². The van der Waals surface area contributed by atoms with Gasteiger partial charge in [0.2, 0.25) is 0 Å². The number of fused-ring (bicyclic) bond motifs is 4. The SMILES string of the molecule is CCC[C@H](/C=C/[C@@H](C)[C@H]1CC[C@H]2[C@@H]3C[C@@H](OC)[C@]45C[C@H]4CC[C@]5(C)[C@H]3CC[C@]12C)[C@H](C)C(=O)OCC. The number of rotatable bonds is 9. The topological polar surface area (TPSA) is 35.5 Å². The largest absolute Gasteiger partial charge is 0.466 e. The van der Waals surface area contributed by atoms with Gasteiger partial charge < -0.3 is 9.47 Å². The van der Waals surface area contributed by atoms with Crippen LogP contribution in [0.5, 0.6) is 0 Å². The Kier molecular flexibility index (Phi) is 7.23. The van der Waals surface area contributed by atoms with E-state index in [0.717, 1.165) is 42.4 Å². The zero-order chi connectivity index (χ0) is 25.9. The van der Waals surface area contributed by atoms with Gasteiger partial charge in [0.15, 0.2) is 0 Å². The molecule has 0 unspecified atom stereocenters. The molecule has 0 aromatic carbocycles. The van der Waals surface area contributed by atoms with E-state index in [1.54, 1.807) is 0 Å². The lowest BCUT2D eigenvalue weighted by molar-refractivity contribution is -0.160. The highest BCUT2D eigenvalue weighted by Gasteiger charge is 2.77. The molecule has 0 aromatic heterocycles. The van der Waals surface area contributed by atoms with Gasteiger partial charge in [-0.3, -0.25) is 4.79 Å². The summed E-state index contributed by atoms with van der Waals surface area (Å²) in [4.78, 5) is 12.4. The molecule has 204 valence electrons. The number of esters is 1. The van der Waals surface area contributed by atoms with Gasteiger partial charge in [-0.05, 0) is 117 Å². The van der Waals surface area contributed by atoms with Gasteiger partial charge >= 0.3 is 5.97 Å². The van der Waals surface area contributed by atoms with Gasteiger partial charge in [-0.25, -0.2) is 0 Å². The highest BCUT2D eigenvalue weighted by Crippen LogP contribution is 2.82. The summed E-state index contributed by atoms with van der Waals surface area (Å²) in [6.45, 7) is 14.4. The zero-order valence-corrected chi connectivity index (χ0v) is 24.4. The van der Waals surface area contributed by atoms with E-state index in [1.165, 1.54) is 51.4 Å². The van der Waals surface area contributed by atoms with Crippen molar-refractivity contribution in [3.8, 4) is 0 Å². The van der Waals surface area contributed by atoms with Crippen molar-refractivity contribution in [1.29, 1.82) is 0 Å². The maximum atomic E-state index is 12.4. The minimum absolute atomic E-state index is 0.0412. The molecule has 5 aliphatic carbocycles. The summed E-state index contributed by atoms with van der Waals surface area (Å²) < 4.78 is 11.7. The smallest absolute Gasteiger partial charge is 0.309 e. The molecule has 3 heteroatoms. The maximum absolute atomic E-state index is 12.4. The molecule has 5 fully saturated rings. The van der Waals surface area contributed by atoms with Gasteiger partial charge in [-0.2, -0.15) is 0 Å². The van der Waals surface area contributed by atoms with Crippen LogP contribution in [0, 0.1) is 63.6 Å². The Bertz CT molecular complexity index is 850. The fourth-order valence-electron chi connectivity index (χ4n) is 11.2. The minimum atomic E-state index is -0.0605. The Morgan fingerprint density at radius 2 is 1.81 bits per heavy atom. The molecular weight excluding hydrogens is 444 g/mol. The predicted octanol–water partition coefficient (Wildman–Crippen LogP) is 8.08. The molecule has 0 amide bonds. The standard InChI is InChI=1S/C33H54O3/c1-8-10-23(22(4)30(34)36-9-2)12-11-21(3)26-13-14-27-25-19-29(35-7)33-20-24(33)15-18-32(33,6)28(25)16-17-31(26,27)5/h11-12,21-29H,8-10,13-20H2,1-7H3/b12-11+/t21-,22+,23-,24-,25+,26-,27+,28+,29-,31-,32-,33+/m1/s1. The van der Waals surface area contributed by atoms with E-state index in [9.17, 15) is 4.79 Å². The number of carbonyl (C=O) groups excluding carboxylic acids is 1. The van der Waals surface area contributed by atoms with Gasteiger partial charge in [-0.1, -0.05) is 53.2 Å². The highest BCUT2D eigenvalue weighted by atomic mass is 16.5. The van der Waals surface area contributed by atoms with E-state index in [0.29, 0.717) is 34.9 Å². The number of methoxy groups -OCH3 is 1. The summed E-state index contributed by atoms with van der Waals surface area (Å²) in [6, 6.07) is 0. The van der Waals surface area contributed by atoms with Crippen LogP contribution < -0.4 is 0 Å². The van der Waals surface area contributed by atoms with E-state index in [2.05, 4.69) is 46.8 Å². The molecule has 0 N–H and O–H groups in total. The van der Waals surface area contributed by atoms with Crippen LogP contribution >= 0.6 is 0 Å². The Hall–Kier alpha value is -0.830. The number of hydrogen-bond donors (Lipinski definition) is 0. The molecule has 0 aliphatic heterocycles. The van der Waals surface area contributed by atoms with E-state index < -0.39 is 0 Å². The highest BCUT2D eigenvalue weighted by molar-refractivity contribution is 5.72. The van der Waals surface area contributed by atoms with E-state index in [1.807, 2.05) is 14.0 Å². The lowest BCUT2D eigenvalue weighted by Gasteiger charge is -2.61. The molecule has 5 aliphatic rings. The van der Waals surface area contributed by atoms with Gasteiger partial charge in [0.25, 0.3) is 0 Å². The lowest BCUT2D eigenvalue weighted by Crippen LogP contribution is -2.57. The van der Waals surface area contributed by atoms with Crippen molar-refractivity contribution in [2.24, 2.45) is 63.6 Å². The van der Waals surface area contributed by atoms with Crippen LogP contribution in [0.25, 0.3) is 0 Å². The molecule has 5 saturated carbocycles. The van der Waals surface area contributed by atoms with E-state index in [-0.39, 0.29) is 17.8 Å². The quantitative estimate of drug-likeness (QED) is 0.238. The normalized spacial score (nSPS) is 47.4. The van der Waals surface area contributed by atoms with Gasteiger partial charge in [0.05, 0.1) is 18.6 Å². The second-order valence-electron chi connectivity index (χ2n) is 14.2. The van der Waals surface area contributed by atoms with Gasteiger partial charge in [-0.15, -0.1) is 0 Å². The fourth-order valence-corrected chi connectivity index (χ4v) is 11.2. The lowest BCUT2D eigenvalue weighted by atomic mass is 9.45. The van der Waals surface area contributed by atoms with Gasteiger partial charge in [0.1, 0.15) is 0 Å². The maximum Gasteiger partial charge on any atom is 0.309 e. The monoisotopic (exact) mass is 498 g/mol. The molecule has 0 bridgehead atoms. The first-order chi connectivity index (χ1) is 17.2. The fraction of sp³-hybridized carbons (Fsp3) is 0.909. The Morgan fingerprint density at radius 1 is 1.03 bits per heavy atom. The Balaban J connectivity index is 1.32. The molecule has 1 spiro atoms. The Labute approximate surface area is 221 Å². The van der Waals surface area contributed by atoms with Crippen LogP contribution in [-0.4, -0.2) is 25.8 Å². The molecule has 0 radical (unpaired) electrons. The van der Waals surface area contributed by atoms with E-state index in [4.69, 9.17) is 9.47 Å². The van der Waals surface area contributed by atoms with Crippen molar-refractivity contribution in [1.82, 2.24) is 0 Å². The minimum Gasteiger partial charge on any atom is -0.466 e. The summed E-state index contributed by atoms with van der Waals surface area (Å²) in [7, 11) is 2.00. The van der Waals surface area contributed by atoms with Crippen LogP contribution in [0.2, 0.25) is 0 Å². The van der Waals surface area contributed by atoms with Crippen LogP contribution in [0.3, 0.4) is 0 Å². The molecule has 0 heterocycles. The second kappa shape index (κ2) is 9.73. The zero-order valence-electron chi connectivity index (χ0n) is 24.4. The number of allylic oxidation sites excluding steroid dienone is 2. The van der Waals surface area contributed by atoms with Gasteiger partial charge in [0, 0.05) is 12.5 Å². The third-order valence-corrected chi connectivity index (χ3v) is 13.1. The molecule has 5 rings (SSSR count). The van der Waals surface area contributed by atoms with Crippen LogP contribution in [0.1, 0.15) is 106 Å². The summed E-state index contributed by atoms with van der Waals surface area (Å²) in [5.74, 6) is 5.07. The summed E-state index contributed by atoms with van der Waals surface area (Å²) >= 11 is 0. The molecule has 36 heavy (non-hydrogen) atoms. The van der Waals surface area contributed by atoms with Crippen molar-refractivity contribution in [2.75, 3.05) is 13.7 Å². The average molecular weight is 499 g/mol. The third kappa shape index (κ3) is 3.79. The van der Waals surface area contributed by atoms with Crippen molar-refractivity contribution >= 4 is 5.97 Å². The van der Waals surface area contributed by atoms with Crippen LogP contribution in [0.15, 0.2) is 12.2 Å². The Morgan fingerprint density at radius 3 is 2.47 bits per heavy atom. The summed E-state index contributed by atoms with van der Waals surface area (Å²) in [5, 5.41) is 0. The van der Waals surface area contributed by atoms with Crippen LogP contribution in [-0.2, 0) is 14.3 Å². The third-order valence-electron chi connectivity index (χ3n) is 13.1. The molecule has 0 saturated heterocycles.